The highest BCUT2D eigenvalue weighted by atomic mass is 16.5. The summed E-state index contributed by atoms with van der Waals surface area (Å²) in [6, 6.07) is 13.9. The van der Waals surface area contributed by atoms with Crippen LogP contribution in [0.15, 0.2) is 47.5 Å². The number of carbonyl (C=O) groups is 1. The summed E-state index contributed by atoms with van der Waals surface area (Å²) in [5, 5.41) is 9.61. The monoisotopic (exact) mass is 439 g/mol. The third kappa shape index (κ3) is 8.59. The highest BCUT2D eigenvalue weighted by Crippen LogP contribution is 2.19. The molecule has 174 valence electrons. The lowest BCUT2D eigenvalue weighted by Gasteiger charge is -2.13. The van der Waals surface area contributed by atoms with Crippen molar-refractivity contribution in [2.24, 2.45) is 4.99 Å². The summed E-state index contributed by atoms with van der Waals surface area (Å²) >= 11 is 0. The van der Waals surface area contributed by atoms with Crippen molar-refractivity contribution in [3.8, 4) is 5.75 Å². The molecule has 2 aromatic rings. The maximum atomic E-state index is 12.4. The molecule has 0 spiro atoms. The first-order valence-electron chi connectivity index (χ1n) is 11.1. The van der Waals surface area contributed by atoms with Gasteiger partial charge in [-0.05, 0) is 69.3 Å². The first kappa shape index (κ1) is 25.2. The van der Waals surface area contributed by atoms with Crippen LogP contribution < -0.4 is 20.7 Å². The second-order valence-electron chi connectivity index (χ2n) is 7.94. The van der Waals surface area contributed by atoms with Gasteiger partial charge in [-0.1, -0.05) is 24.3 Å². The fourth-order valence-electron chi connectivity index (χ4n) is 3.16. The van der Waals surface area contributed by atoms with E-state index in [9.17, 15) is 4.79 Å². The minimum absolute atomic E-state index is 0.0590. The van der Waals surface area contributed by atoms with Crippen LogP contribution in [-0.2, 0) is 13.0 Å². The smallest absolute Gasteiger partial charge is 0.251 e. The Balaban J connectivity index is 1.92. The van der Waals surface area contributed by atoms with Crippen LogP contribution in [0.1, 0.15) is 34.0 Å². The number of aliphatic imine (C=N–C) groups is 1. The van der Waals surface area contributed by atoms with Gasteiger partial charge in [-0.25, -0.2) is 4.99 Å². The molecule has 7 nitrogen and oxygen atoms in total. The van der Waals surface area contributed by atoms with Crippen LogP contribution in [0.4, 0.5) is 0 Å². The zero-order valence-corrected chi connectivity index (χ0v) is 20.0. The highest BCUT2D eigenvalue weighted by Gasteiger charge is 2.06. The van der Waals surface area contributed by atoms with Crippen molar-refractivity contribution in [3.63, 3.8) is 0 Å². The maximum Gasteiger partial charge on any atom is 0.251 e. The summed E-state index contributed by atoms with van der Waals surface area (Å²) in [5.41, 5.74) is 3.99. The number of nitrogens with zero attached hydrogens (tertiary/aromatic N) is 2. The predicted molar refractivity (Wildman–Crippen MR) is 132 cm³/mol. The van der Waals surface area contributed by atoms with Crippen LogP contribution in [0, 0.1) is 6.92 Å². The Morgan fingerprint density at radius 1 is 1.03 bits per heavy atom. The van der Waals surface area contributed by atoms with Crippen LogP contribution in [0.2, 0.25) is 0 Å². The summed E-state index contributed by atoms with van der Waals surface area (Å²) in [6.07, 6.45) is 0.865. The second kappa shape index (κ2) is 13.4. The van der Waals surface area contributed by atoms with Crippen molar-refractivity contribution in [3.05, 3.63) is 64.7 Å². The van der Waals surface area contributed by atoms with Crippen LogP contribution >= 0.6 is 0 Å². The molecule has 0 heterocycles. The van der Waals surface area contributed by atoms with Gasteiger partial charge in [0.2, 0.25) is 0 Å². The zero-order valence-electron chi connectivity index (χ0n) is 20.0. The Kier molecular flexibility index (Phi) is 10.5. The van der Waals surface area contributed by atoms with Gasteiger partial charge in [0.1, 0.15) is 5.75 Å². The molecular formula is C25H37N5O2. The first-order chi connectivity index (χ1) is 15.4. The van der Waals surface area contributed by atoms with E-state index in [1.807, 2.05) is 57.1 Å². The van der Waals surface area contributed by atoms with Crippen molar-refractivity contribution < 1.29 is 9.53 Å². The molecule has 3 N–H and O–H groups in total. The van der Waals surface area contributed by atoms with Crippen molar-refractivity contribution >= 4 is 11.9 Å². The van der Waals surface area contributed by atoms with Gasteiger partial charge in [-0.15, -0.1) is 0 Å². The number of hydrogen-bond donors (Lipinski definition) is 3. The normalized spacial score (nSPS) is 11.4. The first-order valence-corrected chi connectivity index (χ1v) is 11.1. The predicted octanol–water partition coefficient (Wildman–Crippen LogP) is 2.59. The molecule has 0 saturated heterocycles. The number of methoxy groups -OCH3 is 1. The molecule has 0 aliphatic heterocycles. The second-order valence-corrected chi connectivity index (χ2v) is 7.94. The van der Waals surface area contributed by atoms with Gasteiger partial charge in [-0.3, -0.25) is 4.79 Å². The molecule has 2 aromatic carbocycles. The molecule has 0 unspecified atom stereocenters. The number of benzene rings is 2. The number of rotatable bonds is 11. The Bertz CT molecular complexity index is 896. The average molecular weight is 440 g/mol. The molecular weight excluding hydrogens is 402 g/mol. The number of hydrogen-bond acceptors (Lipinski definition) is 4. The SMILES string of the molecule is CCNC(=NCc1cccc(C(=O)NCCN(C)C)c1)NCCc1ccc(C)c(OC)c1. The van der Waals surface area contributed by atoms with E-state index in [1.165, 1.54) is 5.56 Å². The molecule has 0 radical (unpaired) electrons. The van der Waals surface area contributed by atoms with E-state index in [0.717, 1.165) is 48.9 Å². The fourth-order valence-corrected chi connectivity index (χ4v) is 3.16. The molecule has 2 rings (SSSR count). The Morgan fingerprint density at radius 2 is 1.84 bits per heavy atom. The average Bonchev–Trinajstić information content (AvgIpc) is 2.78. The third-order valence-electron chi connectivity index (χ3n) is 4.98. The third-order valence-corrected chi connectivity index (χ3v) is 4.98. The van der Waals surface area contributed by atoms with E-state index < -0.39 is 0 Å². The molecule has 32 heavy (non-hydrogen) atoms. The molecule has 7 heteroatoms. The number of ether oxygens (including phenoxy) is 1. The Morgan fingerprint density at radius 3 is 2.56 bits per heavy atom. The number of aryl methyl sites for hydroxylation is 1. The molecule has 0 aliphatic rings. The number of amides is 1. The van der Waals surface area contributed by atoms with E-state index in [-0.39, 0.29) is 5.91 Å². The number of guanidine groups is 1. The van der Waals surface area contributed by atoms with Gasteiger partial charge in [0.15, 0.2) is 5.96 Å². The van der Waals surface area contributed by atoms with Crippen LogP contribution in [0.25, 0.3) is 0 Å². The van der Waals surface area contributed by atoms with Gasteiger partial charge in [-0.2, -0.15) is 0 Å². The summed E-state index contributed by atoms with van der Waals surface area (Å²) in [5.74, 6) is 1.61. The lowest BCUT2D eigenvalue weighted by atomic mass is 10.1. The summed E-state index contributed by atoms with van der Waals surface area (Å²) in [7, 11) is 5.67. The van der Waals surface area contributed by atoms with Crippen molar-refractivity contribution in [1.29, 1.82) is 0 Å². The van der Waals surface area contributed by atoms with Gasteiger partial charge >= 0.3 is 0 Å². The summed E-state index contributed by atoms with van der Waals surface area (Å²) in [6.45, 7) is 7.54. The Labute approximate surface area is 192 Å². The minimum atomic E-state index is -0.0590. The lowest BCUT2D eigenvalue weighted by Crippen LogP contribution is -2.38. The molecule has 1 amide bonds. The van der Waals surface area contributed by atoms with Crippen molar-refractivity contribution in [2.45, 2.75) is 26.8 Å². The standard InChI is InChI=1S/C25H37N5O2/c1-6-26-25(28-13-12-20-11-10-19(2)23(17-20)32-5)29-18-21-8-7-9-22(16-21)24(31)27-14-15-30(3)4/h7-11,16-17H,6,12-15,18H2,1-5H3,(H,27,31)(H2,26,28,29). The quantitative estimate of drug-likeness (QED) is 0.371. The van der Waals surface area contributed by atoms with E-state index >= 15 is 0 Å². The molecule has 0 aliphatic carbocycles. The van der Waals surface area contributed by atoms with E-state index in [1.54, 1.807) is 7.11 Å². The fraction of sp³-hybridized carbons (Fsp3) is 0.440. The number of carbonyl (C=O) groups excluding carboxylic acids is 1. The van der Waals surface area contributed by atoms with Crippen LogP contribution in [0.3, 0.4) is 0 Å². The topological polar surface area (TPSA) is 78.0 Å². The largest absolute Gasteiger partial charge is 0.496 e. The molecule has 0 fully saturated rings. The lowest BCUT2D eigenvalue weighted by molar-refractivity contribution is 0.0951. The maximum absolute atomic E-state index is 12.4. The van der Waals surface area contributed by atoms with Crippen LogP contribution in [0.5, 0.6) is 5.75 Å². The summed E-state index contributed by atoms with van der Waals surface area (Å²) < 4.78 is 5.41. The summed E-state index contributed by atoms with van der Waals surface area (Å²) in [4.78, 5) is 19.1. The van der Waals surface area contributed by atoms with Crippen molar-refractivity contribution in [2.75, 3.05) is 47.4 Å². The molecule has 0 atom stereocenters. The van der Waals surface area contributed by atoms with Crippen molar-refractivity contribution in [1.82, 2.24) is 20.9 Å². The van der Waals surface area contributed by atoms with Crippen LogP contribution in [-0.4, -0.2) is 64.2 Å². The molecule has 0 aromatic heterocycles. The van der Waals surface area contributed by atoms with Gasteiger partial charge < -0.3 is 25.6 Å². The van der Waals surface area contributed by atoms with E-state index in [0.29, 0.717) is 18.7 Å². The van der Waals surface area contributed by atoms with E-state index in [2.05, 4.69) is 39.1 Å². The van der Waals surface area contributed by atoms with Gasteiger partial charge in [0.25, 0.3) is 5.91 Å². The highest BCUT2D eigenvalue weighted by molar-refractivity contribution is 5.94. The van der Waals surface area contributed by atoms with Gasteiger partial charge in [0.05, 0.1) is 13.7 Å². The Hall–Kier alpha value is -3.06. The number of nitrogens with one attached hydrogen (secondary N) is 3. The minimum Gasteiger partial charge on any atom is -0.496 e. The van der Waals surface area contributed by atoms with Gasteiger partial charge in [0, 0.05) is 31.7 Å². The number of likely N-dealkylation sites (N-methyl/N-ethyl adjacent to an activating group) is 1. The zero-order chi connectivity index (χ0) is 23.3. The molecule has 0 bridgehead atoms. The molecule has 0 saturated carbocycles. The van der Waals surface area contributed by atoms with E-state index in [4.69, 9.17) is 4.74 Å².